The first-order valence-corrected chi connectivity index (χ1v) is 5.10. The van der Waals surface area contributed by atoms with Gasteiger partial charge in [0.25, 0.3) is 0 Å². The number of hydrogen-bond acceptors (Lipinski definition) is 0. The molecular weight excluding hydrogens is 259 g/mol. The monoisotopic (exact) mass is 278 g/mol. The van der Waals surface area contributed by atoms with Crippen molar-refractivity contribution >= 4 is 0 Å². The topological polar surface area (TPSA) is 0 Å². The van der Waals surface area contributed by atoms with Crippen molar-refractivity contribution < 1.29 is 29.1 Å². The summed E-state index contributed by atoms with van der Waals surface area (Å²) in [6, 6.07) is 0. The van der Waals surface area contributed by atoms with E-state index in [0.29, 0.717) is 5.41 Å². The fraction of sp³-hybridized carbons (Fsp3) is 0.429. The average Bonchev–Trinajstić information content (AvgIpc) is 2.80. The minimum absolute atomic E-state index is 0. The van der Waals surface area contributed by atoms with Gasteiger partial charge in [-0.15, -0.1) is 12.8 Å². The molecule has 2 rings (SSSR count). The van der Waals surface area contributed by atoms with E-state index < -0.39 is 0 Å². The molecule has 0 spiro atoms. The fourth-order valence-electron chi connectivity index (χ4n) is 1.26. The van der Waals surface area contributed by atoms with Gasteiger partial charge in [0.05, 0.1) is 0 Å². The zero-order valence-corrected chi connectivity index (χ0v) is 12.3. The second-order valence-electron chi connectivity index (χ2n) is 4.45. The van der Waals surface area contributed by atoms with Crippen LogP contribution in [0.25, 0.3) is 0 Å². The first-order chi connectivity index (χ1) is 6.61. The molecule has 0 aliphatic heterocycles. The SMILES string of the molecule is CC(C)(C)C1=[C-]CC=C1.[C-]1=CC=CC1.[H-].[H-].[Zr+4]. The van der Waals surface area contributed by atoms with Crippen molar-refractivity contribution in [3.63, 3.8) is 0 Å². The quantitative estimate of drug-likeness (QED) is 0.582. The molecule has 2 aliphatic rings. The summed E-state index contributed by atoms with van der Waals surface area (Å²) in [5.41, 5.74) is 1.65. The molecule has 0 saturated heterocycles. The van der Waals surface area contributed by atoms with Crippen LogP contribution in [0.5, 0.6) is 0 Å². The Morgan fingerprint density at radius 1 is 1.20 bits per heavy atom. The van der Waals surface area contributed by atoms with E-state index in [9.17, 15) is 0 Å². The molecule has 0 saturated carbocycles. The molecule has 0 nitrogen and oxygen atoms in total. The third-order valence-electron chi connectivity index (χ3n) is 2.09. The van der Waals surface area contributed by atoms with Gasteiger partial charge in [-0.1, -0.05) is 20.8 Å². The molecule has 0 aromatic heterocycles. The largest absolute Gasteiger partial charge is 4.00 e. The molecule has 0 N–H and O–H groups in total. The van der Waals surface area contributed by atoms with Gasteiger partial charge >= 0.3 is 26.2 Å². The molecule has 0 fully saturated rings. The molecule has 15 heavy (non-hydrogen) atoms. The van der Waals surface area contributed by atoms with E-state index in [2.05, 4.69) is 51.2 Å². The van der Waals surface area contributed by atoms with Crippen molar-refractivity contribution in [2.24, 2.45) is 5.41 Å². The first kappa shape index (κ1) is 14.8. The molecule has 0 aromatic rings. The summed E-state index contributed by atoms with van der Waals surface area (Å²) in [5, 5.41) is 0. The Balaban J connectivity index is -0.000000216. The number of hydrogen-bond donors (Lipinski definition) is 0. The van der Waals surface area contributed by atoms with Crippen LogP contribution in [0, 0.1) is 17.6 Å². The van der Waals surface area contributed by atoms with Gasteiger partial charge in [-0.25, -0.2) is 23.8 Å². The van der Waals surface area contributed by atoms with Crippen LogP contribution < -0.4 is 0 Å². The van der Waals surface area contributed by atoms with Crippen molar-refractivity contribution in [3.8, 4) is 0 Å². The molecule has 2 aliphatic carbocycles. The molecule has 0 amide bonds. The summed E-state index contributed by atoms with van der Waals surface area (Å²) in [6.07, 6.45) is 18.6. The van der Waals surface area contributed by atoms with Crippen LogP contribution in [0.4, 0.5) is 0 Å². The summed E-state index contributed by atoms with van der Waals surface area (Å²) >= 11 is 0. The van der Waals surface area contributed by atoms with E-state index in [4.69, 9.17) is 0 Å². The van der Waals surface area contributed by atoms with E-state index in [0.717, 1.165) is 12.8 Å². The minimum atomic E-state index is 0. The normalized spacial score (nSPS) is 16.9. The summed E-state index contributed by atoms with van der Waals surface area (Å²) in [7, 11) is 0. The molecule has 0 heterocycles. The van der Waals surface area contributed by atoms with E-state index in [1.165, 1.54) is 5.57 Å². The van der Waals surface area contributed by atoms with Crippen LogP contribution >= 0.6 is 0 Å². The third-order valence-corrected chi connectivity index (χ3v) is 2.09. The second kappa shape index (κ2) is 7.17. The van der Waals surface area contributed by atoms with Crippen molar-refractivity contribution in [1.82, 2.24) is 0 Å². The van der Waals surface area contributed by atoms with Gasteiger partial charge in [0.1, 0.15) is 0 Å². The number of allylic oxidation sites excluding steroid dienone is 8. The summed E-state index contributed by atoms with van der Waals surface area (Å²) in [5.74, 6) is 0. The van der Waals surface area contributed by atoms with Crippen molar-refractivity contribution in [2.45, 2.75) is 33.6 Å². The molecule has 0 atom stereocenters. The maximum Gasteiger partial charge on any atom is 4.00 e. The second-order valence-corrected chi connectivity index (χ2v) is 4.45. The smallest absolute Gasteiger partial charge is 1.00 e. The Morgan fingerprint density at radius 3 is 2.13 bits per heavy atom. The van der Waals surface area contributed by atoms with Crippen LogP contribution in [0.2, 0.25) is 0 Å². The van der Waals surface area contributed by atoms with E-state index in [-0.39, 0.29) is 29.1 Å². The van der Waals surface area contributed by atoms with Crippen LogP contribution in [-0.4, -0.2) is 0 Å². The zero-order valence-electron chi connectivity index (χ0n) is 11.8. The predicted octanol–water partition coefficient (Wildman–Crippen LogP) is 4.25. The zero-order chi connectivity index (χ0) is 10.4. The molecule has 0 unspecified atom stereocenters. The molecular formula is C14H20Zr. The van der Waals surface area contributed by atoms with Crippen molar-refractivity contribution in [1.29, 1.82) is 0 Å². The van der Waals surface area contributed by atoms with Crippen LogP contribution in [0.15, 0.2) is 36.0 Å². The van der Waals surface area contributed by atoms with Crippen LogP contribution in [-0.2, 0) is 26.2 Å². The fourth-order valence-corrected chi connectivity index (χ4v) is 1.26. The van der Waals surface area contributed by atoms with E-state index in [1.54, 1.807) is 0 Å². The molecule has 0 radical (unpaired) electrons. The molecule has 80 valence electrons. The van der Waals surface area contributed by atoms with Gasteiger partial charge in [0.15, 0.2) is 0 Å². The van der Waals surface area contributed by atoms with Gasteiger partial charge in [-0.05, 0) is 5.41 Å². The Morgan fingerprint density at radius 2 is 1.93 bits per heavy atom. The summed E-state index contributed by atoms with van der Waals surface area (Å²) in [6.45, 7) is 6.64. The predicted molar refractivity (Wildman–Crippen MR) is 63.8 cm³/mol. The van der Waals surface area contributed by atoms with Gasteiger partial charge in [-0.2, -0.15) is 12.2 Å². The molecule has 1 heteroatoms. The van der Waals surface area contributed by atoms with Gasteiger partial charge < -0.3 is 2.85 Å². The third kappa shape index (κ3) is 6.10. The standard InChI is InChI=1S/C9H13.C5H5.Zr.2H/c1-9(2,3)8-6-4-5-7-8;1-2-4-5-3-1;;;/h4,6H,5H2,1-3H3;1-3H,4H2;;;/q2*-1;+4;2*-1. The van der Waals surface area contributed by atoms with E-state index in [1.807, 2.05) is 12.2 Å². The number of rotatable bonds is 0. The van der Waals surface area contributed by atoms with Gasteiger partial charge in [-0.3, -0.25) is 12.2 Å². The Bertz CT molecular complexity index is 284. The van der Waals surface area contributed by atoms with Gasteiger partial charge in [0, 0.05) is 0 Å². The Kier molecular flexibility index (Phi) is 7.10. The van der Waals surface area contributed by atoms with E-state index >= 15 is 0 Å². The Hall–Kier alpha value is -0.157. The minimum Gasteiger partial charge on any atom is -1.00 e. The summed E-state index contributed by atoms with van der Waals surface area (Å²) in [4.78, 5) is 0. The average molecular weight is 280 g/mol. The van der Waals surface area contributed by atoms with Crippen molar-refractivity contribution in [3.05, 3.63) is 48.1 Å². The maximum atomic E-state index is 3.30. The molecule has 0 aromatic carbocycles. The summed E-state index contributed by atoms with van der Waals surface area (Å²) < 4.78 is 0. The first-order valence-electron chi connectivity index (χ1n) is 5.10. The van der Waals surface area contributed by atoms with Crippen molar-refractivity contribution in [2.75, 3.05) is 0 Å². The molecule has 0 bridgehead atoms. The van der Waals surface area contributed by atoms with Crippen LogP contribution in [0.3, 0.4) is 0 Å². The van der Waals surface area contributed by atoms with Crippen LogP contribution in [0.1, 0.15) is 36.5 Å². The maximum absolute atomic E-state index is 3.30. The Labute approximate surface area is 116 Å². The van der Waals surface area contributed by atoms with Gasteiger partial charge in [0.2, 0.25) is 0 Å².